The van der Waals surface area contributed by atoms with Gasteiger partial charge in [-0.3, -0.25) is 0 Å². The van der Waals surface area contributed by atoms with E-state index >= 15 is 0 Å². The van der Waals surface area contributed by atoms with Crippen LogP contribution in [0.5, 0.6) is 5.75 Å². The Bertz CT molecular complexity index is 478. The van der Waals surface area contributed by atoms with E-state index in [1.807, 2.05) is 0 Å². The zero-order valence-electron chi connectivity index (χ0n) is 13.3. The van der Waals surface area contributed by atoms with Crippen LogP contribution in [-0.4, -0.2) is 24.9 Å². The van der Waals surface area contributed by atoms with Gasteiger partial charge in [-0.05, 0) is 63.3 Å². The summed E-state index contributed by atoms with van der Waals surface area (Å²) in [6.07, 6.45) is 6.39. The molecular weight excluding hydrogens is 262 g/mol. The molecular formula is C18H27NO2. The highest BCUT2D eigenvalue weighted by Gasteiger charge is 2.29. The first kappa shape index (κ1) is 14.9. The Morgan fingerprint density at radius 2 is 2.19 bits per heavy atom. The first-order valence-electron chi connectivity index (χ1n) is 8.25. The lowest BCUT2D eigenvalue weighted by atomic mass is 10.0. The highest BCUT2D eigenvalue weighted by atomic mass is 16.5. The summed E-state index contributed by atoms with van der Waals surface area (Å²) in [6.45, 7) is 7.21. The van der Waals surface area contributed by atoms with E-state index in [9.17, 15) is 0 Å². The smallest absolute Gasteiger partial charge is 0.123 e. The summed E-state index contributed by atoms with van der Waals surface area (Å²) in [7, 11) is 0. The van der Waals surface area contributed by atoms with Crippen molar-refractivity contribution in [1.29, 1.82) is 0 Å². The summed E-state index contributed by atoms with van der Waals surface area (Å²) in [5.41, 5.74) is 2.64. The van der Waals surface area contributed by atoms with E-state index in [1.165, 1.54) is 30.4 Å². The van der Waals surface area contributed by atoms with Crippen LogP contribution in [0.2, 0.25) is 0 Å². The van der Waals surface area contributed by atoms with E-state index in [0.29, 0.717) is 6.10 Å². The molecule has 2 aliphatic heterocycles. The molecule has 1 unspecified atom stereocenters. The van der Waals surface area contributed by atoms with Crippen molar-refractivity contribution in [2.24, 2.45) is 0 Å². The summed E-state index contributed by atoms with van der Waals surface area (Å²) >= 11 is 0. The standard InChI is InChI=1S/C18H27NO2/c1-18(2)12-15-11-14(6-7-17(15)21-18)13-19-9-8-16-5-3-4-10-20-16/h6-7,11,16,19H,3-5,8-10,12-13H2,1-2H3. The number of hydrogen-bond acceptors (Lipinski definition) is 3. The molecule has 1 aromatic carbocycles. The van der Waals surface area contributed by atoms with Crippen molar-refractivity contribution < 1.29 is 9.47 Å². The van der Waals surface area contributed by atoms with Crippen LogP contribution < -0.4 is 10.1 Å². The van der Waals surface area contributed by atoms with Crippen LogP contribution in [0.1, 0.15) is 50.7 Å². The SMILES string of the molecule is CC1(C)Cc2cc(CNCCC3CCCCO3)ccc2O1. The molecule has 2 aliphatic rings. The molecule has 0 saturated carbocycles. The van der Waals surface area contributed by atoms with Crippen molar-refractivity contribution in [2.75, 3.05) is 13.2 Å². The molecule has 0 spiro atoms. The number of nitrogens with one attached hydrogen (secondary N) is 1. The molecule has 1 saturated heterocycles. The van der Waals surface area contributed by atoms with Crippen molar-refractivity contribution in [3.05, 3.63) is 29.3 Å². The van der Waals surface area contributed by atoms with Crippen molar-refractivity contribution in [3.63, 3.8) is 0 Å². The lowest BCUT2D eigenvalue weighted by molar-refractivity contribution is 0.0115. The molecule has 116 valence electrons. The Balaban J connectivity index is 1.44. The van der Waals surface area contributed by atoms with E-state index in [2.05, 4.69) is 37.4 Å². The quantitative estimate of drug-likeness (QED) is 0.842. The molecule has 0 radical (unpaired) electrons. The van der Waals surface area contributed by atoms with Crippen molar-refractivity contribution in [3.8, 4) is 5.75 Å². The first-order valence-corrected chi connectivity index (χ1v) is 8.25. The van der Waals surface area contributed by atoms with Gasteiger partial charge in [-0.25, -0.2) is 0 Å². The molecule has 0 amide bonds. The minimum absolute atomic E-state index is 0.0489. The minimum Gasteiger partial charge on any atom is -0.487 e. The number of rotatable bonds is 5. The molecule has 1 aromatic rings. The van der Waals surface area contributed by atoms with Gasteiger partial charge in [0.2, 0.25) is 0 Å². The third-order valence-electron chi connectivity index (χ3n) is 4.37. The Hall–Kier alpha value is -1.06. The van der Waals surface area contributed by atoms with Gasteiger partial charge < -0.3 is 14.8 Å². The predicted molar refractivity (Wildman–Crippen MR) is 84.8 cm³/mol. The third-order valence-corrected chi connectivity index (χ3v) is 4.37. The zero-order valence-corrected chi connectivity index (χ0v) is 13.3. The molecule has 0 bridgehead atoms. The van der Waals surface area contributed by atoms with Gasteiger partial charge >= 0.3 is 0 Å². The summed E-state index contributed by atoms with van der Waals surface area (Å²) in [6, 6.07) is 6.57. The fourth-order valence-corrected chi connectivity index (χ4v) is 3.30. The average molecular weight is 289 g/mol. The Morgan fingerprint density at radius 1 is 1.29 bits per heavy atom. The van der Waals surface area contributed by atoms with Crippen molar-refractivity contribution in [2.45, 2.75) is 64.2 Å². The molecule has 3 heteroatoms. The summed E-state index contributed by atoms with van der Waals surface area (Å²) in [5, 5.41) is 3.54. The van der Waals surface area contributed by atoms with Gasteiger partial charge in [0.1, 0.15) is 11.4 Å². The monoisotopic (exact) mass is 289 g/mol. The predicted octanol–water partition coefficient (Wildman–Crippen LogP) is 3.45. The van der Waals surface area contributed by atoms with Gasteiger partial charge in [0.05, 0.1) is 6.10 Å². The molecule has 1 atom stereocenters. The van der Waals surface area contributed by atoms with Gasteiger partial charge in [-0.1, -0.05) is 12.1 Å². The summed E-state index contributed by atoms with van der Waals surface area (Å²) in [4.78, 5) is 0. The third kappa shape index (κ3) is 3.98. The molecule has 2 heterocycles. The molecule has 3 nitrogen and oxygen atoms in total. The highest BCUT2D eigenvalue weighted by Crippen LogP contribution is 2.35. The lowest BCUT2D eigenvalue weighted by Crippen LogP contribution is -2.25. The number of hydrogen-bond donors (Lipinski definition) is 1. The fourth-order valence-electron chi connectivity index (χ4n) is 3.30. The van der Waals surface area contributed by atoms with Crippen molar-refractivity contribution >= 4 is 0 Å². The maximum Gasteiger partial charge on any atom is 0.123 e. The normalized spacial score (nSPS) is 23.6. The lowest BCUT2D eigenvalue weighted by Gasteiger charge is -2.22. The second-order valence-corrected chi connectivity index (χ2v) is 6.93. The maximum absolute atomic E-state index is 5.92. The van der Waals surface area contributed by atoms with Gasteiger partial charge in [-0.15, -0.1) is 0 Å². The number of fused-ring (bicyclic) bond motifs is 1. The fraction of sp³-hybridized carbons (Fsp3) is 0.667. The van der Waals surface area contributed by atoms with E-state index in [-0.39, 0.29) is 5.60 Å². The first-order chi connectivity index (χ1) is 10.1. The van der Waals surface area contributed by atoms with E-state index in [0.717, 1.165) is 38.3 Å². The minimum atomic E-state index is -0.0489. The topological polar surface area (TPSA) is 30.5 Å². The number of benzene rings is 1. The highest BCUT2D eigenvalue weighted by molar-refractivity contribution is 5.41. The second kappa shape index (κ2) is 6.37. The van der Waals surface area contributed by atoms with E-state index < -0.39 is 0 Å². The zero-order chi connectivity index (χ0) is 14.7. The summed E-state index contributed by atoms with van der Waals surface area (Å²) in [5.74, 6) is 1.05. The van der Waals surface area contributed by atoms with Crippen LogP contribution in [-0.2, 0) is 17.7 Å². The van der Waals surface area contributed by atoms with Crippen LogP contribution in [0.3, 0.4) is 0 Å². The van der Waals surface area contributed by atoms with Crippen LogP contribution in [0.15, 0.2) is 18.2 Å². The Labute approximate surface area is 128 Å². The average Bonchev–Trinajstić information content (AvgIpc) is 2.78. The Morgan fingerprint density at radius 3 is 3.00 bits per heavy atom. The van der Waals surface area contributed by atoms with E-state index in [1.54, 1.807) is 0 Å². The number of ether oxygens (including phenoxy) is 2. The van der Waals surface area contributed by atoms with Gasteiger partial charge in [0.25, 0.3) is 0 Å². The van der Waals surface area contributed by atoms with Crippen molar-refractivity contribution in [1.82, 2.24) is 5.32 Å². The van der Waals surface area contributed by atoms with Gasteiger partial charge in [0, 0.05) is 19.6 Å². The largest absolute Gasteiger partial charge is 0.487 e. The second-order valence-electron chi connectivity index (χ2n) is 6.93. The van der Waals surface area contributed by atoms with Gasteiger partial charge in [-0.2, -0.15) is 0 Å². The maximum atomic E-state index is 5.92. The van der Waals surface area contributed by atoms with Crippen LogP contribution >= 0.6 is 0 Å². The van der Waals surface area contributed by atoms with Crippen LogP contribution in [0, 0.1) is 0 Å². The van der Waals surface area contributed by atoms with Crippen LogP contribution in [0.25, 0.3) is 0 Å². The molecule has 1 fully saturated rings. The summed E-state index contributed by atoms with van der Waals surface area (Å²) < 4.78 is 11.7. The molecule has 0 aromatic heterocycles. The Kier molecular flexibility index (Phi) is 4.51. The molecule has 1 N–H and O–H groups in total. The van der Waals surface area contributed by atoms with Gasteiger partial charge in [0.15, 0.2) is 0 Å². The van der Waals surface area contributed by atoms with E-state index in [4.69, 9.17) is 9.47 Å². The molecule has 0 aliphatic carbocycles. The van der Waals surface area contributed by atoms with Crippen LogP contribution in [0.4, 0.5) is 0 Å². The molecule has 3 rings (SSSR count). The molecule has 21 heavy (non-hydrogen) atoms.